The summed E-state index contributed by atoms with van der Waals surface area (Å²) >= 11 is 0. The standard InChI is InChI=1S/C15H12N2O2/c1-10-4-5-13-12(7-10)14(18)15(19)17(13)9-11-3-2-6-16-8-11/h2-8H,9H2,1H3. The van der Waals surface area contributed by atoms with E-state index in [-0.39, 0.29) is 0 Å². The van der Waals surface area contributed by atoms with Gasteiger partial charge in [0, 0.05) is 12.4 Å². The molecule has 0 fully saturated rings. The van der Waals surface area contributed by atoms with Gasteiger partial charge >= 0.3 is 0 Å². The highest BCUT2D eigenvalue weighted by atomic mass is 16.2. The Labute approximate surface area is 110 Å². The van der Waals surface area contributed by atoms with Crippen LogP contribution in [0.1, 0.15) is 21.5 Å². The molecule has 0 atom stereocenters. The lowest BCUT2D eigenvalue weighted by Crippen LogP contribution is -2.29. The molecule has 0 saturated carbocycles. The van der Waals surface area contributed by atoms with Gasteiger partial charge in [0.1, 0.15) is 0 Å². The van der Waals surface area contributed by atoms with Crippen molar-refractivity contribution in [2.45, 2.75) is 13.5 Å². The van der Waals surface area contributed by atoms with Crippen LogP contribution < -0.4 is 4.90 Å². The number of carbonyl (C=O) groups is 2. The Morgan fingerprint density at radius 3 is 2.79 bits per heavy atom. The average molecular weight is 252 g/mol. The summed E-state index contributed by atoms with van der Waals surface area (Å²) < 4.78 is 0. The van der Waals surface area contributed by atoms with E-state index in [0.29, 0.717) is 17.8 Å². The summed E-state index contributed by atoms with van der Waals surface area (Å²) in [5, 5.41) is 0. The van der Waals surface area contributed by atoms with Gasteiger partial charge in [-0.3, -0.25) is 14.6 Å². The molecule has 94 valence electrons. The highest BCUT2D eigenvalue weighted by Crippen LogP contribution is 2.30. The number of benzene rings is 1. The fraction of sp³-hybridized carbons (Fsp3) is 0.133. The van der Waals surface area contributed by atoms with Crippen LogP contribution in [0.25, 0.3) is 0 Å². The summed E-state index contributed by atoms with van der Waals surface area (Å²) in [5.41, 5.74) is 3.05. The molecule has 1 aliphatic rings. The molecule has 2 aromatic rings. The predicted octanol–water partition coefficient (Wildman–Crippen LogP) is 2.12. The van der Waals surface area contributed by atoms with Crippen molar-refractivity contribution in [3.8, 4) is 0 Å². The number of aryl methyl sites for hydroxylation is 1. The number of aromatic nitrogens is 1. The first kappa shape index (κ1) is 11.6. The molecular weight excluding hydrogens is 240 g/mol. The highest BCUT2D eigenvalue weighted by molar-refractivity contribution is 6.52. The minimum absolute atomic E-state index is 0.370. The molecule has 0 aliphatic carbocycles. The predicted molar refractivity (Wildman–Crippen MR) is 70.9 cm³/mol. The number of Topliss-reactive ketones (excluding diaryl/α,β-unsaturated/α-hetero) is 1. The van der Waals surface area contributed by atoms with E-state index in [1.54, 1.807) is 18.5 Å². The number of ketones is 1. The summed E-state index contributed by atoms with van der Waals surface area (Å²) in [6.45, 7) is 2.27. The zero-order valence-electron chi connectivity index (χ0n) is 10.5. The average Bonchev–Trinajstić information content (AvgIpc) is 2.65. The van der Waals surface area contributed by atoms with Crippen LogP contribution in [0, 0.1) is 6.92 Å². The Bertz CT molecular complexity index is 665. The minimum Gasteiger partial charge on any atom is -0.300 e. The molecule has 0 unspecified atom stereocenters. The molecular formula is C15H12N2O2. The summed E-state index contributed by atoms with van der Waals surface area (Å²) in [4.78, 5) is 29.5. The van der Waals surface area contributed by atoms with Crippen LogP contribution >= 0.6 is 0 Å². The number of hydrogen-bond donors (Lipinski definition) is 0. The fourth-order valence-electron chi connectivity index (χ4n) is 2.25. The number of pyridine rings is 1. The minimum atomic E-state index is -0.468. The number of rotatable bonds is 2. The van der Waals surface area contributed by atoms with E-state index < -0.39 is 11.7 Å². The monoisotopic (exact) mass is 252 g/mol. The van der Waals surface area contributed by atoms with Crippen LogP contribution in [0.4, 0.5) is 5.69 Å². The van der Waals surface area contributed by atoms with Crippen molar-refractivity contribution in [3.05, 3.63) is 59.4 Å². The molecule has 0 N–H and O–H groups in total. The van der Waals surface area contributed by atoms with Crippen LogP contribution in [-0.2, 0) is 11.3 Å². The molecule has 0 saturated heterocycles. The van der Waals surface area contributed by atoms with Crippen molar-refractivity contribution in [2.75, 3.05) is 4.90 Å². The number of anilines is 1. The van der Waals surface area contributed by atoms with E-state index >= 15 is 0 Å². The van der Waals surface area contributed by atoms with Crippen molar-refractivity contribution >= 4 is 17.4 Å². The molecule has 4 heteroatoms. The second-order valence-corrected chi connectivity index (χ2v) is 4.60. The smallest absolute Gasteiger partial charge is 0.299 e. The van der Waals surface area contributed by atoms with E-state index in [2.05, 4.69) is 4.98 Å². The lowest BCUT2D eigenvalue weighted by atomic mass is 10.1. The Hall–Kier alpha value is -2.49. The lowest BCUT2D eigenvalue weighted by molar-refractivity contribution is -0.114. The highest BCUT2D eigenvalue weighted by Gasteiger charge is 2.35. The topological polar surface area (TPSA) is 50.3 Å². The molecule has 2 heterocycles. The second-order valence-electron chi connectivity index (χ2n) is 4.60. The Morgan fingerprint density at radius 1 is 1.21 bits per heavy atom. The molecule has 0 radical (unpaired) electrons. The molecule has 19 heavy (non-hydrogen) atoms. The van der Waals surface area contributed by atoms with Crippen LogP contribution in [0.3, 0.4) is 0 Å². The molecule has 1 aromatic heterocycles. The van der Waals surface area contributed by atoms with Crippen molar-refractivity contribution < 1.29 is 9.59 Å². The van der Waals surface area contributed by atoms with Gasteiger partial charge in [-0.15, -0.1) is 0 Å². The van der Waals surface area contributed by atoms with Crippen molar-refractivity contribution in [1.29, 1.82) is 0 Å². The van der Waals surface area contributed by atoms with Gasteiger partial charge in [-0.25, -0.2) is 0 Å². The number of hydrogen-bond acceptors (Lipinski definition) is 3. The van der Waals surface area contributed by atoms with Gasteiger partial charge in [-0.2, -0.15) is 0 Å². The quantitative estimate of drug-likeness (QED) is 0.769. The first-order chi connectivity index (χ1) is 9.16. The van der Waals surface area contributed by atoms with Crippen LogP contribution in [0.15, 0.2) is 42.7 Å². The molecule has 0 bridgehead atoms. The maximum absolute atomic E-state index is 12.0. The summed E-state index contributed by atoms with van der Waals surface area (Å²) in [6, 6.07) is 9.19. The summed E-state index contributed by atoms with van der Waals surface area (Å²) in [6.07, 6.45) is 3.38. The summed E-state index contributed by atoms with van der Waals surface area (Å²) in [7, 11) is 0. The zero-order valence-corrected chi connectivity index (χ0v) is 10.5. The number of nitrogens with zero attached hydrogens (tertiary/aromatic N) is 2. The molecule has 0 spiro atoms. The number of amides is 1. The van der Waals surface area contributed by atoms with Crippen molar-refractivity contribution in [1.82, 2.24) is 4.98 Å². The third-order valence-electron chi connectivity index (χ3n) is 3.19. The van der Waals surface area contributed by atoms with Crippen LogP contribution in [-0.4, -0.2) is 16.7 Å². The summed E-state index contributed by atoms with van der Waals surface area (Å²) in [5.74, 6) is -0.896. The van der Waals surface area contributed by atoms with E-state index in [9.17, 15) is 9.59 Å². The Morgan fingerprint density at radius 2 is 2.05 bits per heavy atom. The van der Waals surface area contributed by atoms with Gasteiger partial charge in [0.25, 0.3) is 11.7 Å². The normalized spacial score (nSPS) is 13.8. The molecule has 1 amide bonds. The SMILES string of the molecule is Cc1ccc2c(c1)C(=O)C(=O)N2Cc1cccnc1. The Kier molecular flexibility index (Phi) is 2.63. The maximum atomic E-state index is 12.0. The molecule has 4 nitrogen and oxygen atoms in total. The van der Waals surface area contributed by atoms with Crippen LogP contribution in [0.5, 0.6) is 0 Å². The van der Waals surface area contributed by atoms with Crippen molar-refractivity contribution in [3.63, 3.8) is 0 Å². The van der Waals surface area contributed by atoms with Gasteiger partial charge < -0.3 is 4.90 Å². The number of carbonyl (C=O) groups excluding carboxylic acids is 2. The third-order valence-corrected chi connectivity index (χ3v) is 3.19. The largest absolute Gasteiger partial charge is 0.300 e. The van der Waals surface area contributed by atoms with Gasteiger partial charge in [0.15, 0.2) is 0 Å². The van der Waals surface area contributed by atoms with Crippen molar-refractivity contribution in [2.24, 2.45) is 0 Å². The molecule has 1 aromatic carbocycles. The molecule has 1 aliphatic heterocycles. The van der Waals surface area contributed by atoms with Gasteiger partial charge in [-0.1, -0.05) is 17.7 Å². The molecule has 3 rings (SSSR count). The van der Waals surface area contributed by atoms with Crippen LogP contribution in [0.2, 0.25) is 0 Å². The van der Waals surface area contributed by atoms with E-state index in [1.807, 2.05) is 31.2 Å². The Balaban J connectivity index is 2.00. The van der Waals surface area contributed by atoms with Gasteiger partial charge in [0.05, 0.1) is 17.8 Å². The fourth-order valence-corrected chi connectivity index (χ4v) is 2.25. The first-order valence-corrected chi connectivity index (χ1v) is 6.02. The first-order valence-electron chi connectivity index (χ1n) is 6.02. The lowest BCUT2D eigenvalue weighted by Gasteiger charge is -2.16. The second kappa shape index (κ2) is 4.31. The van der Waals surface area contributed by atoms with E-state index in [0.717, 1.165) is 11.1 Å². The van der Waals surface area contributed by atoms with Gasteiger partial charge in [-0.05, 0) is 30.7 Å². The zero-order chi connectivity index (χ0) is 13.4. The van der Waals surface area contributed by atoms with E-state index in [4.69, 9.17) is 0 Å². The third kappa shape index (κ3) is 1.91. The van der Waals surface area contributed by atoms with E-state index in [1.165, 1.54) is 4.90 Å². The number of fused-ring (bicyclic) bond motifs is 1. The maximum Gasteiger partial charge on any atom is 0.299 e. The van der Waals surface area contributed by atoms with Gasteiger partial charge in [0.2, 0.25) is 0 Å².